The molecule has 2 atom stereocenters. The summed E-state index contributed by atoms with van der Waals surface area (Å²) >= 11 is 0. The fraction of sp³-hybridized carbons (Fsp3) is 0.733. The summed E-state index contributed by atoms with van der Waals surface area (Å²) in [4.78, 5) is 8.87. The lowest BCUT2D eigenvalue weighted by Gasteiger charge is -2.29. The van der Waals surface area contributed by atoms with Gasteiger partial charge in [0, 0.05) is 17.3 Å². The first-order valence-corrected chi connectivity index (χ1v) is 7.46. The second-order valence-corrected chi connectivity index (χ2v) is 5.78. The summed E-state index contributed by atoms with van der Waals surface area (Å²) in [5.74, 6) is 2.03. The van der Waals surface area contributed by atoms with Crippen LogP contribution in [0.15, 0.2) is 6.33 Å². The first-order chi connectivity index (χ1) is 8.86. The van der Waals surface area contributed by atoms with Crippen LogP contribution in [0.3, 0.4) is 0 Å². The van der Waals surface area contributed by atoms with Crippen LogP contribution in [0.2, 0.25) is 0 Å². The van der Waals surface area contributed by atoms with Gasteiger partial charge in [-0.3, -0.25) is 0 Å². The lowest BCUT2D eigenvalue weighted by atomic mass is 9.84. The highest BCUT2D eigenvalue weighted by Crippen LogP contribution is 2.31. The van der Waals surface area contributed by atoms with E-state index in [-0.39, 0.29) is 0 Å². The second-order valence-electron chi connectivity index (χ2n) is 5.78. The minimum Gasteiger partial charge on any atom is -0.367 e. The van der Waals surface area contributed by atoms with Crippen molar-refractivity contribution in [1.82, 2.24) is 9.97 Å². The van der Waals surface area contributed by atoms with E-state index in [9.17, 15) is 0 Å². The Morgan fingerprint density at radius 2 is 2.17 bits per heavy atom. The van der Waals surface area contributed by atoms with E-state index in [4.69, 9.17) is 0 Å². The maximum Gasteiger partial charge on any atom is 0.133 e. The van der Waals surface area contributed by atoms with Crippen molar-refractivity contribution in [2.24, 2.45) is 5.92 Å². The van der Waals surface area contributed by atoms with Gasteiger partial charge in [-0.15, -0.1) is 0 Å². The van der Waals surface area contributed by atoms with Crippen LogP contribution in [0.5, 0.6) is 0 Å². The molecule has 0 bridgehead atoms. The molecule has 1 saturated carbocycles. The topological polar surface area (TPSA) is 37.8 Å². The average molecular weight is 245 g/mol. The van der Waals surface area contributed by atoms with Gasteiger partial charge in [-0.05, 0) is 38.0 Å². The van der Waals surface area contributed by atoms with Gasteiger partial charge in [0.25, 0.3) is 0 Å². The molecule has 1 fully saturated rings. The van der Waals surface area contributed by atoms with Gasteiger partial charge in [-0.2, -0.15) is 0 Å². The molecule has 2 aliphatic carbocycles. The van der Waals surface area contributed by atoms with Gasteiger partial charge in [-0.1, -0.05) is 26.2 Å². The number of nitrogens with zero attached hydrogens (tertiary/aromatic N) is 2. The molecule has 0 aromatic carbocycles. The SMILES string of the molecule is CCC1CCCC(Nc2ncnc3c2CCC3)C1. The molecule has 1 aromatic heterocycles. The predicted octanol–water partition coefficient (Wildman–Crippen LogP) is 3.35. The van der Waals surface area contributed by atoms with Crippen molar-refractivity contribution in [2.45, 2.75) is 64.3 Å². The van der Waals surface area contributed by atoms with Crippen LogP contribution in [0.4, 0.5) is 5.82 Å². The fourth-order valence-corrected chi connectivity index (χ4v) is 3.47. The van der Waals surface area contributed by atoms with Crippen LogP contribution in [0.25, 0.3) is 0 Å². The molecule has 2 unspecified atom stereocenters. The summed E-state index contributed by atoms with van der Waals surface area (Å²) in [6, 6.07) is 0.628. The molecule has 0 spiro atoms. The molecule has 3 nitrogen and oxygen atoms in total. The summed E-state index contributed by atoms with van der Waals surface area (Å²) in [5.41, 5.74) is 2.66. The number of hydrogen-bond acceptors (Lipinski definition) is 3. The Bertz CT molecular complexity index is 416. The number of anilines is 1. The Kier molecular flexibility index (Phi) is 3.48. The van der Waals surface area contributed by atoms with Crippen molar-refractivity contribution in [1.29, 1.82) is 0 Å². The van der Waals surface area contributed by atoms with E-state index in [0.717, 1.165) is 24.6 Å². The van der Waals surface area contributed by atoms with E-state index in [2.05, 4.69) is 22.2 Å². The molecular formula is C15H23N3. The zero-order valence-corrected chi connectivity index (χ0v) is 11.3. The van der Waals surface area contributed by atoms with Gasteiger partial charge in [0.2, 0.25) is 0 Å². The van der Waals surface area contributed by atoms with Gasteiger partial charge < -0.3 is 5.32 Å². The maximum absolute atomic E-state index is 4.47. The third kappa shape index (κ3) is 2.36. The minimum absolute atomic E-state index is 0.628. The Morgan fingerprint density at radius 3 is 3.06 bits per heavy atom. The second kappa shape index (κ2) is 5.25. The highest BCUT2D eigenvalue weighted by molar-refractivity contribution is 5.48. The number of fused-ring (bicyclic) bond motifs is 1. The molecule has 0 amide bonds. The van der Waals surface area contributed by atoms with E-state index in [1.165, 1.54) is 49.8 Å². The fourth-order valence-electron chi connectivity index (χ4n) is 3.47. The van der Waals surface area contributed by atoms with Crippen molar-refractivity contribution in [3.05, 3.63) is 17.6 Å². The van der Waals surface area contributed by atoms with Gasteiger partial charge in [-0.25, -0.2) is 9.97 Å². The molecule has 18 heavy (non-hydrogen) atoms. The number of hydrogen-bond donors (Lipinski definition) is 1. The quantitative estimate of drug-likeness (QED) is 0.887. The molecule has 0 radical (unpaired) electrons. The van der Waals surface area contributed by atoms with Crippen molar-refractivity contribution in [3.8, 4) is 0 Å². The average Bonchev–Trinajstić information content (AvgIpc) is 2.88. The maximum atomic E-state index is 4.47. The summed E-state index contributed by atoms with van der Waals surface area (Å²) < 4.78 is 0. The van der Waals surface area contributed by atoms with E-state index in [1.807, 2.05) is 0 Å². The van der Waals surface area contributed by atoms with E-state index >= 15 is 0 Å². The van der Waals surface area contributed by atoms with Crippen molar-refractivity contribution in [2.75, 3.05) is 5.32 Å². The third-order valence-corrected chi connectivity index (χ3v) is 4.58. The van der Waals surface area contributed by atoms with Crippen LogP contribution in [0, 0.1) is 5.92 Å². The molecule has 1 heterocycles. The Labute approximate surface area is 109 Å². The van der Waals surface area contributed by atoms with Gasteiger partial charge in [0.15, 0.2) is 0 Å². The molecule has 0 aliphatic heterocycles. The number of aromatic nitrogens is 2. The van der Waals surface area contributed by atoms with Crippen molar-refractivity contribution < 1.29 is 0 Å². The monoisotopic (exact) mass is 245 g/mol. The van der Waals surface area contributed by atoms with Gasteiger partial charge >= 0.3 is 0 Å². The smallest absolute Gasteiger partial charge is 0.133 e. The van der Waals surface area contributed by atoms with Crippen LogP contribution in [-0.4, -0.2) is 16.0 Å². The van der Waals surface area contributed by atoms with Gasteiger partial charge in [0.1, 0.15) is 12.1 Å². The Balaban J connectivity index is 1.71. The largest absolute Gasteiger partial charge is 0.367 e. The van der Waals surface area contributed by atoms with Crippen molar-refractivity contribution >= 4 is 5.82 Å². The van der Waals surface area contributed by atoms with E-state index < -0.39 is 0 Å². The minimum atomic E-state index is 0.628. The molecule has 3 rings (SSSR count). The summed E-state index contributed by atoms with van der Waals surface area (Å²) in [5, 5.41) is 3.69. The zero-order valence-electron chi connectivity index (χ0n) is 11.3. The summed E-state index contributed by atoms with van der Waals surface area (Å²) in [7, 11) is 0. The van der Waals surface area contributed by atoms with Crippen LogP contribution >= 0.6 is 0 Å². The molecular weight excluding hydrogens is 222 g/mol. The summed E-state index contributed by atoms with van der Waals surface area (Å²) in [6.45, 7) is 2.31. The van der Waals surface area contributed by atoms with Crippen LogP contribution in [0.1, 0.15) is 56.7 Å². The number of aryl methyl sites for hydroxylation is 1. The molecule has 1 aromatic rings. The summed E-state index contributed by atoms with van der Waals surface area (Å²) in [6.07, 6.45) is 12.0. The van der Waals surface area contributed by atoms with Crippen molar-refractivity contribution in [3.63, 3.8) is 0 Å². The molecule has 1 N–H and O–H groups in total. The van der Waals surface area contributed by atoms with E-state index in [1.54, 1.807) is 6.33 Å². The lowest BCUT2D eigenvalue weighted by molar-refractivity contribution is 0.327. The Morgan fingerprint density at radius 1 is 1.22 bits per heavy atom. The molecule has 98 valence electrons. The zero-order chi connectivity index (χ0) is 12.4. The lowest BCUT2D eigenvalue weighted by Crippen LogP contribution is -2.28. The molecule has 2 aliphatic rings. The number of rotatable bonds is 3. The first-order valence-electron chi connectivity index (χ1n) is 7.46. The Hall–Kier alpha value is -1.12. The van der Waals surface area contributed by atoms with E-state index in [0.29, 0.717) is 6.04 Å². The standard InChI is InChI=1S/C15H23N3/c1-2-11-5-3-6-12(9-11)18-15-13-7-4-8-14(13)16-10-17-15/h10-12H,2-9H2,1H3,(H,16,17,18). The first kappa shape index (κ1) is 11.9. The van der Waals surface area contributed by atoms with Crippen LogP contribution < -0.4 is 5.32 Å². The van der Waals surface area contributed by atoms with Gasteiger partial charge in [0.05, 0.1) is 0 Å². The number of nitrogens with one attached hydrogen (secondary N) is 1. The highest BCUT2D eigenvalue weighted by Gasteiger charge is 2.23. The molecule has 3 heteroatoms. The molecule has 0 saturated heterocycles. The highest BCUT2D eigenvalue weighted by atomic mass is 15.0. The predicted molar refractivity (Wildman–Crippen MR) is 73.7 cm³/mol. The van der Waals surface area contributed by atoms with Crippen LogP contribution in [-0.2, 0) is 12.8 Å². The normalized spacial score (nSPS) is 26.9. The third-order valence-electron chi connectivity index (χ3n) is 4.58.